The number of aliphatic imine (C=N–C) groups is 1. The Balaban J connectivity index is 1.65. The number of nitro groups is 1. The summed E-state index contributed by atoms with van der Waals surface area (Å²) in [5, 5.41) is 26.0. The van der Waals surface area contributed by atoms with Gasteiger partial charge in [0.2, 0.25) is 5.17 Å². The summed E-state index contributed by atoms with van der Waals surface area (Å²) < 4.78 is 5.80. The summed E-state index contributed by atoms with van der Waals surface area (Å²) >= 11 is 1.28. The zero-order valence-electron chi connectivity index (χ0n) is 15.5. The van der Waals surface area contributed by atoms with Gasteiger partial charge in [-0.25, -0.2) is 0 Å². The third-order valence-corrected chi connectivity index (χ3v) is 5.45. The van der Waals surface area contributed by atoms with Crippen molar-refractivity contribution in [3.63, 3.8) is 0 Å². The van der Waals surface area contributed by atoms with Crippen LogP contribution in [0.25, 0.3) is 17.4 Å². The molecule has 2 aliphatic rings. The molecule has 146 valence electrons. The van der Waals surface area contributed by atoms with Crippen LogP contribution in [-0.4, -0.2) is 31.9 Å². The van der Waals surface area contributed by atoms with Crippen LogP contribution in [0.4, 0.5) is 5.69 Å². The lowest BCUT2D eigenvalue weighted by atomic mass is 10.1. The number of amidine groups is 2. The number of fused-ring (bicyclic) bond motifs is 1. The highest BCUT2D eigenvalue weighted by atomic mass is 32.2. The maximum absolute atomic E-state index is 12.4. The lowest BCUT2D eigenvalue weighted by Crippen LogP contribution is -2.35. The Morgan fingerprint density at radius 3 is 2.83 bits per heavy atom. The second-order valence-electron chi connectivity index (χ2n) is 6.33. The second-order valence-corrected chi connectivity index (χ2v) is 7.37. The van der Waals surface area contributed by atoms with Crippen LogP contribution in [0.2, 0.25) is 0 Å². The number of amides is 1. The minimum atomic E-state index is -0.522. The molecule has 0 spiro atoms. The molecule has 2 aliphatic heterocycles. The summed E-state index contributed by atoms with van der Waals surface area (Å²) in [6.07, 6.45) is 2.15. The van der Waals surface area contributed by atoms with Crippen molar-refractivity contribution in [1.82, 2.24) is 5.01 Å². The molecule has 0 radical (unpaired) electrons. The lowest BCUT2D eigenvalue weighted by Gasteiger charge is -2.19. The summed E-state index contributed by atoms with van der Waals surface area (Å²) in [4.78, 5) is 26.9. The fourth-order valence-electron chi connectivity index (χ4n) is 2.93. The molecule has 0 saturated carbocycles. The fraction of sp³-hybridized carbons (Fsp3) is 0.158. The SMILES string of the molecule is CCC1=NN2C(=N)C(=Cc3ccc(-c4ccc([N+](=O)[O-])cc4C)o3)C(=O)N=C2S1. The number of thioether (sulfide) groups is 1. The third kappa shape index (κ3) is 3.38. The zero-order chi connectivity index (χ0) is 20.7. The molecule has 4 rings (SSSR count). The van der Waals surface area contributed by atoms with Crippen LogP contribution in [0.5, 0.6) is 0 Å². The number of nitrogens with zero attached hydrogens (tertiary/aromatic N) is 4. The zero-order valence-corrected chi connectivity index (χ0v) is 16.3. The van der Waals surface area contributed by atoms with E-state index in [-0.39, 0.29) is 17.1 Å². The summed E-state index contributed by atoms with van der Waals surface area (Å²) in [7, 11) is 0. The largest absolute Gasteiger partial charge is 0.457 e. The molecular weight excluding hydrogens is 394 g/mol. The van der Waals surface area contributed by atoms with E-state index >= 15 is 0 Å². The van der Waals surface area contributed by atoms with Gasteiger partial charge in [-0.1, -0.05) is 6.92 Å². The molecule has 1 aromatic carbocycles. The van der Waals surface area contributed by atoms with Crippen LogP contribution in [0, 0.1) is 22.4 Å². The molecule has 0 fully saturated rings. The van der Waals surface area contributed by atoms with Crippen LogP contribution in [0.3, 0.4) is 0 Å². The second kappa shape index (κ2) is 7.13. The van der Waals surface area contributed by atoms with Gasteiger partial charge in [-0.05, 0) is 54.9 Å². The molecule has 10 heteroatoms. The van der Waals surface area contributed by atoms with Crippen molar-refractivity contribution in [2.24, 2.45) is 10.1 Å². The summed E-state index contributed by atoms with van der Waals surface area (Å²) in [5.74, 6) is 0.300. The molecule has 0 aliphatic carbocycles. The first-order valence-electron chi connectivity index (χ1n) is 8.71. The van der Waals surface area contributed by atoms with Crippen molar-refractivity contribution in [3.05, 3.63) is 57.3 Å². The van der Waals surface area contributed by atoms with Gasteiger partial charge in [0.1, 0.15) is 16.6 Å². The van der Waals surface area contributed by atoms with E-state index < -0.39 is 10.8 Å². The van der Waals surface area contributed by atoms with Gasteiger partial charge >= 0.3 is 0 Å². The standard InChI is InChI=1S/C19H15N5O4S/c1-3-16-22-23-17(20)14(18(25)21-19(23)29-16)9-12-5-7-15(28-12)13-6-4-11(24(26)27)8-10(13)2/h4-9,20H,3H2,1-2H3. The van der Waals surface area contributed by atoms with Crippen LogP contribution >= 0.6 is 11.8 Å². The number of aryl methyl sites for hydroxylation is 1. The number of rotatable bonds is 4. The molecule has 0 bridgehead atoms. The maximum atomic E-state index is 12.4. The number of non-ortho nitro benzene ring substituents is 1. The first-order valence-corrected chi connectivity index (χ1v) is 9.53. The van der Waals surface area contributed by atoms with E-state index in [0.717, 1.165) is 5.04 Å². The van der Waals surface area contributed by atoms with Crippen molar-refractivity contribution in [1.29, 1.82) is 5.41 Å². The van der Waals surface area contributed by atoms with Gasteiger partial charge < -0.3 is 4.42 Å². The number of hydrogen-bond acceptors (Lipinski definition) is 7. The molecule has 0 saturated heterocycles. The number of benzene rings is 1. The molecule has 0 unspecified atom stereocenters. The van der Waals surface area contributed by atoms with E-state index in [1.807, 2.05) is 6.92 Å². The molecule has 29 heavy (non-hydrogen) atoms. The molecule has 9 nitrogen and oxygen atoms in total. The van der Waals surface area contributed by atoms with Crippen molar-refractivity contribution in [3.8, 4) is 11.3 Å². The van der Waals surface area contributed by atoms with Gasteiger partial charge in [0.25, 0.3) is 11.6 Å². The highest BCUT2D eigenvalue weighted by molar-refractivity contribution is 8.26. The smallest absolute Gasteiger partial charge is 0.283 e. The fourth-order valence-corrected chi connectivity index (χ4v) is 3.75. The number of hydrogen-bond donors (Lipinski definition) is 1. The molecule has 1 amide bonds. The quantitative estimate of drug-likeness (QED) is 0.458. The van der Waals surface area contributed by atoms with E-state index in [2.05, 4.69) is 10.1 Å². The van der Waals surface area contributed by atoms with Crippen LogP contribution in [-0.2, 0) is 4.79 Å². The van der Waals surface area contributed by atoms with Gasteiger partial charge in [-0.2, -0.15) is 15.1 Å². The van der Waals surface area contributed by atoms with Crippen molar-refractivity contribution < 1.29 is 14.1 Å². The van der Waals surface area contributed by atoms with Crippen molar-refractivity contribution in [2.75, 3.05) is 0 Å². The highest BCUT2D eigenvalue weighted by Crippen LogP contribution is 2.31. The summed E-state index contributed by atoms with van der Waals surface area (Å²) in [6, 6.07) is 7.89. The van der Waals surface area contributed by atoms with Gasteiger partial charge in [0.05, 0.1) is 10.5 Å². The first kappa shape index (κ1) is 18.8. The minimum absolute atomic E-state index is 0.00514. The molecule has 0 atom stereocenters. The Labute approximate surface area is 169 Å². The molecular formula is C19H15N5O4S. The topological polar surface area (TPSA) is 125 Å². The van der Waals surface area contributed by atoms with Crippen LogP contribution in [0.15, 0.2) is 50.4 Å². The Hall–Kier alpha value is -3.53. The van der Waals surface area contributed by atoms with Gasteiger partial charge in [0.15, 0.2) is 5.84 Å². The Morgan fingerprint density at radius 1 is 1.34 bits per heavy atom. The summed E-state index contributed by atoms with van der Waals surface area (Å²) in [6.45, 7) is 3.70. The number of nitrogens with one attached hydrogen (secondary N) is 1. The van der Waals surface area contributed by atoms with Crippen molar-refractivity contribution in [2.45, 2.75) is 20.3 Å². The Morgan fingerprint density at radius 2 is 2.14 bits per heavy atom. The van der Waals surface area contributed by atoms with E-state index in [9.17, 15) is 14.9 Å². The first-order chi connectivity index (χ1) is 13.9. The van der Waals surface area contributed by atoms with Crippen LogP contribution in [0.1, 0.15) is 24.7 Å². The van der Waals surface area contributed by atoms with Gasteiger partial charge in [0, 0.05) is 17.7 Å². The molecule has 1 aromatic heterocycles. The molecule has 3 heterocycles. The lowest BCUT2D eigenvalue weighted by molar-refractivity contribution is -0.384. The van der Waals surface area contributed by atoms with Crippen molar-refractivity contribution >= 4 is 45.5 Å². The Bertz CT molecular complexity index is 1160. The van der Waals surface area contributed by atoms with E-state index in [1.54, 1.807) is 25.1 Å². The van der Waals surface area contributed by atoms with Gasteiger partial charge in [-0.15, -0.1) is 0 Å². The normalized spacial score (nSPS) is 17.4. The predicted octanol–water partition coefficient (Wildman–Crippen LogP) is 4.19. The minimum Gasteiger partial charge on any atom is -0.457 e. The number of furan rings is 1. The highest BCUT2D eigenvalue weighted by Gasteiger charge is 2.35. The Kier molecular flexibility index (Phi) is 4.63. The monoisotopic (exact) mass is 409 g/mol. The number of hydrazone groups is 1. The van der Waals surface area contributed by atoms with Gasteiger partial charge in [-0.3, -0.25) is 20.3 Å². The van der Waals surface area contributed by atoms with E-state index in [1.165, 1.54) is 35.0 Å². The number of carbonyl (C=O) groups excluding carboxylic acids is 1. The average Bonchev–Trinajstić information content (AvgIpc) is 3.31. The molecule has 2 aromatic rings. The predicted molar refractivity (Wildman–Crippen MR) is 111 cm³/mol. The van der Waals surface area contributed by atoms with E-state index in [0.29, 0.717) is 34.2 Å². The van der Waals surface area contributed by atoms with Crippen LogP contribution < -0.4 is 0 Å². The number of carbonyl (C=O) groups is 1. The molecule has 1 N–H and O–H groups in total. The van der Waals surface area contributed by atoms with E-state index in [4.69, 9.17) is 9.83 Å². The summed E-state index contributed by atoms with van der Waals surface area (Å²) in [5.41, 5.74) is 1.49. The number of nitro benzene ring substituents is 1. The average molecular weight is 409 g/mol. The third-order valence-electron chi connectivity index (χ3n) is 4.40. The maximum Gasteiger partial charge on any atom is 0.283 e.